The van der Waals surface area contributed by atoms with E-state index in [2.05, 4.69) is 11.5 Å². The Morgan fingerprint density at radius 1 is 1.16 bits per heavy atom. The lowest BCUT2D eigenvalue weighted by molar-refractivity contribution is 0.0446. The summed E-state index contributed by atoms with van der Waals surface area (Å²) in [5.41, 5.74) is 3.16. The molecule has 25 heavy (non-hydrogen) atoms. The molecule has 0 radical (unpaired) electrons. The van der Waals surface area contributed by atoms with Crippen molar-refractivity contribution in [2.45, 2.75) is 33.7 Å². The van der Waals surface area contributed by atoms with Crippen molar-refractivity contribution < 1.29 is 18.7 Å². The maximum atomic E-state index is 12.4. The predicted molar refractivity (Wildman–Crippen MR) is 95.0 cm³/mol. The van der Waals surface area contributed by atoms with E-state index in [0.29, 0.717) is 11.1 Å². The molecule has 2 aromatic heterocycles. The third-order valence-corrected chi connectivity index (χ3v) is 4.28. The van der Waals surface area contributed by atoms with Gasteiger partial charge >= 0.3 is 5.97 Å². The van der Waals surface area contributed by atoms with E-state index < -0.39 is 5.97 Å². The summed E-state index contributed by atoms with van der Waals surface area (Å²) in [5.74, 6) is -0.739. The standard InChI is InChI=1S/C20H21NO4/c1-4-9-21-13(2)10-16(14(21)3)17(22)12-24-20(23)19-11-15-7-5-6-8-18(15)25-19/h5-8,10-11H,4,9,12H2,1-3H3. The molecule has 0 bridgehead atoms. The number of esters is 1. The van der Waals surface area contributed by atoms with Gasteiger partial charge in [-0.05, 0) is 38.5 Å². The maximum absolute atomic E-state index is 12.4. The van der Waals surface area contributed by atoms with Crippen molar-refractivity contribution >= 4 is 22.7 Å². The first-order chi connectivity index (χ1) is 12.0. The van der Waals surface area contributed by atoms with Crippen LogP contribution in [0.5, 0.6) is 0 Å². The highest BCUT2D eigenvalue weighted by Gasteiger charge is 2.19. The molecular formula is C20H21NO4. The molecule has 0 amide bonds. The van der Waals surface area contributed by atoms with Crippen LogP contribution in [-0.2, 0) is 11.3 Å². The van der Waals surface area contributed by atoms with Crippen LogP contribution in [-0.4, -0.2) is 22.9 Å². The Morgan fingerprint density at radius 3 is 2.64 bits per heavy atom. The van der Waals surface area contributed by atoms with E-state index in [9.17, 15) is 9.59 Å². The van der Waals surface area contributed by atoms with Crippen LogP contribution in [0.15, 0.2) is 40.8 Å². The van der Waals surface area contributed by atoms with Gasteiger partial charge in [-0.1, -0.05) is 25.1 Å². The van der Waals surface area contributed by atoms with E-state index >= 15 is 0 Å². The van der Waals surface area contributed by atoms with Gasteiger partial charge in [0, 0.05) is 28.9 Å². The maximum Gasteiger partial charge on any atom is 0.374 e. The molecule has 3 aromatic rings. The van der Waals surface area contributed by atoms with E-state index in [-0.39, 0.29) is 18.2 Å². The van der Waals surface area contributed by atoms with E-state index in [0.717, 1.165) is 29.7 Å². The zero-order chi connectivity index (χ0) is 18.0. The topological polar surface area (TPSA) is 61.4 Å². The molecule has 0 saturated heterocycles. The van der Waals surface area contributed by atoms with Crippen molar-refractivity contribution in [3.8, 4) is 0 Å². The second-order valence-electron chi connectivity index (χ2n) is 6.08. The number of carbonyl (C=O) groups is 2. The number of hydrogen-bond donors (Lipinski definition) is 0. The van der Waals surface area contributed by atoms with Crippen molar-refractivity contribution in [3.63, 3.8) is 0 Å². The molecule has 0 N–H and O–H groups in total. The van der Waals surface area contributed by atoms with Crippen molar-refractivity contribution in [3.05, 3.63) is 59.1 Å². The van der Waals surface area contributed by atoms with Crippen LogP contribution in [0.3, 0.4) is 0 Å². The largest absolute Gasteiger partial charge is 0.451 e. The zero-order valence-electron chi connectivity index (χ0n) is 14.7. The number of ketones is 1. The number of aromatic nitrogens is 1. The minimum Gasteiger partial charge on any atom is -0.451 e. The molecule has 2 heterocycles. The van der Waals surface area contributed by atoms with Gasteiger partial charge in [-0.2, -0.15) is 0 Å². The minimum atomic E-state index is -0.632. The highest BCUT2D eigenvalue weighted by atomic mass is 16.5. The summed E-state index contributed by atoms with van der Waals surface area (Å²) in [6, 6.07) is 10.8. The predicted octanol–water partition coefficient (Wildman–Crippen LogP) is 4.30. The highest BCUT2D eigenvalue weighted by Crippen LogP contribution is 2.20. The lowest BCUT2D eigenvalue weighted by Gasteiger charge is -2.07. The van der Waals surface area contributed by atoms with Gasteiger partial charge in [0.05, 0.1) is 0 Å². The molecule has 0 aliphatic rings. The molecule has 0 fully saturated rings. The van der Waals surface area contributed by atoms with Crippen LogP contribution in [0, 0.1) is 13.8 Å². The summed E-state index contributed by atoms with van der Waals surface area (Å²) in [5, 5.41) is 0.823. The summed E-state index contributed by atoms with van der Waals surface area (Å²) < 4.78 is 12.7. The van der Waals surface area contributed by atoms with Gasteiger partial charge in [-0.25, -0.2) is 4.79 Å². The summed E-state index contributed by atoms with van der Waals surface area (Å²) in [7, 11) is 0. The fourth-order valence-electron chi connectivity index (χ4n) is 3.01. The van der Waals surface area contributed by atoms with Crippen molar-refractivity contribution in [1.82, 2.24) is 4.57 Å². The third kappa shape index (κ3) is 3.36. The average Bonchev–Trinajstić information content (AvgIpc) is 3.16. The number of fused-ring (bicyclic) bond motifs is 1. The molecular weight excluding hydrogens is 318 g/mol. The van der Waals surface area contributed by atoms with Crippen LogP contribution >= 0.6 is 0 Å². The van der Waals surface area contributed by atoms with Gasteiger partial charge in [0.25, 0.3) is 0 Å². The van der Waals surface area contributed by atoms with Crippen molar-refractivity contribution in [2.75, 3.05) is 6.61 Å². The molecule has 5 heteroatoms. The number of Topliss-reactive ketones (excluding diaryl/α,β-unsaturated/α-hetero) is 1. The number of aryl methyl sites for hydroxylation is 1. The smallest absolute Gasteiger partial charge is 0.374 e. The fraction of sp³-hybridized carbons (Fsp3) is 0.300. The average molecular weight is 339 g/mol. The van der Waals surface area contributed by atoms with Gasteiger partial charge in [0.1, 0.15) is 5.58 Å². The van der Waals surface area contributed by atoms with Gasteiger partial charge in [0.2, 0.25) is 11.5 Å². The minimum absolute atomic E-state index is 0.102. The van der Waals surface area contributed by atoms with Crippen LogP contribution in [0.2, 0.25) is 0 Å². The third-order valence-electron chi connectivity index (χ3n) is 4.28. The Morgan fingerprint density at radius 2 is 1.92 bits per heavy atom. The Hall–Kier alpha value is -2.82. The highest BCUT2D eigenvalue weighted by molar-refractivity contribution is 6.00. The number of benzene rings is 1. The lowest BCUT2D eigenvalue weighted by Crippen LogP contribution is -2.14. The summed E-state index contributed by atoms with van der Waals surface area (Å²) >= 11 is 0. The van der Waals surface area contributed by atoms with Crippen LogP contribution in [0.4, 0.5) is 0 Å². The van der Waals surface area contributed by atoms with Gasteiger partial charge in [-0.15, -0.1) is 0 Å². The Labute approximate surface area is 146 Å². The monoisotopic (exact) mass is 339 g/mol. The fourth-order valence-corrected chi connectivity index (χ4v) is 3.01. The Bertz CT molecular complexity index is 899. The normalized spacial score (nSPS) is 11.0. The number of para-hydroxylation sites is 1. The first-order valence-electron chi connectivity index (χ1n) is 8.37. The molecule has 1 aromatic carbocycles. The van der Waals surface area contributed by atoms with E-state index in [4.69, 9.17) is 9.15 Å². The number of ether oxygens (including phenoxy) is 1. The van der Waals surface area contributed by atoms with Crippen molar-refractivity contribution in [2.24, 2.45) is 0 Å². The molecule has 0 saturated carbocycles. The van der Waals surface area contributed by atoms with E-state index in [1.165, 1.54) is 0 Å². The molecule has 130 valence electrons. The van der Waals surface area contributed by atoms with E-state index in [1.807, 2.05) is 38.1 Å². The number of furan rings is 1. The molecule has 3 rings (SSSR count). The number of nitrogens with zero attached hydrogens (tertiary/aromatic N) is 1. The molecule has 0 spiro atoms. The van der Waals surface area contributed by atoms with Gasteiger partial charge in [0.15, 0.2) is 6.61 Å². The number of carbonyl (C=O) groups excluding carboxylic acids is 2. The summed E-state index contributed by atoms with van der Waals surface area (Å²) in [6.45, 7) is 6.54. The second-order valence-corrected chi connectivity index (χ2v) is 6.08. The summed E-state index contributed by atoms with van der Waals surface area (Å²) in [6.07, 6.45) is 0.991. The first-order valence-corrected chi connectivity index (χ1v) is 8.37. The van der Waals surface area contributed by atoms with Gasteiger partial charge in [-0.3, -0.25) is 4.79 Å². The first kappa shape index (κ1) is 17.0. The van der Waals surface area contributed by atoms with E-state index in [1.54, 1.807) is 12.1 Å². The SMILES string of the molecule is CCCn1c(C)cc(C(=O)COC(=O)c2cc3ccccc3o2)c1C. The van der Waals surface area contributed by atoms with Crippen LogP contribution in [0.25, 0.3) is 11.0 Å². The van der Waals surface area contributed by atoms with Gasteiger partial charge < -0.3 is 13.7 Å². The quantitative estimate of drug-likeness (QED) is 0.496. The summed E-state index contributed by atoms with van der Waals surface area (Å²) in [4.78, 5) is 24.6. The zero-order valence-corrected chi connectivity index (χ0v) is 14.7. The number of rotatable bonds is 6. The lowest BCUT2D eigenvalue weighted by atomic mass is 10.1. The molecule has 0 unspecified atom stereocenters. The molecule has 0 aliphatic carbocycles. The Balaban J connectivity index is 1.69. The molecule has 0 aliphatic heterocycles. The molecule has 0 atom stereocenters. The van der Waals surface area contributed by atoms with Crippen LogP contribution in [0.1, 0.15) is 45.6 Å². The number of hydrogen-bond acceptors (Lipinski definition) is 4. The molecule has 5 nitrogen and oxygen atoms in total. The Kier molecular flexibility index (Phi) is 4.74. The van der Waals surface area contributed by atoms with Crippen molar-refractivity contribution in [1.29, 1.82) is 0 Å². The second kappa shape index (κ2) is 6.97. The van der Waals surface area contributed by atoms with Crippen LogP contribution < -0.4 is 0 Å².